The third kappa shape index (κ3) is 3.84. The van der Waals surface area contributed by atoms with Crippen molar-refractivity contribution in [2.45, 2.75) is 13.8 Å². The second-order valence-corrected chi connectivity index (χ2v) is 7.64. The summed E-state index contributed by atoms with van der Waals surface area (Å²) in [5.41, 5.74) is 2.25. The highest BCUT2D eigenvalue weighted by Gasteiger charge is 2.12. The average molecular weight is 420 g/mol. The highest BCUT2D eigenvalue weighted by Crippen LogP contribution is 2.28. The molecule has 0 aliphatic carbocycles. The molecule has 2 aromatic carbocycles. The molecule has 4 aromatic rings. The molecule has 0 amide bonds. The molecule has 2 aromatic heterocycles. The number of hydrogen-bond acceptors (Lipinski definition) is 7. The van der Waals surface area contributed by atoms with E-state index in [2.05, 4.69) is 4.98 Å². The molecular formula is C23H20N2O4S. The number of ether oxygens (including phenoxy) is 2. The number of fused-ring (bicyclic) bond motifs is 1. The van der Waals surface area contributed by atoms with Crippen LogP contribution in [-0.2, 0) is 0 Å². The number of carbonyl (C=O) groups excluding carboxylic acids is 1. The first kappa shape index (κ1) is 19.8. The summed E-state index contributed by atoms with van der Waals surface area (Å²) in [5.74, 6) is 2.12. The molecule has 2 heterocycles. The van der Waals surface area contributed by atoms with Crippen molar-refractivity contribution in [2.75, 3.05) is 14.2 Å². The van der Waals surface area contributed by atoms with Crippen LogP contribution in [0.25, 0.3) is 22.3 Å². The number of aromatic nitrogens is 1. The normalized spacial score (nSPS) is 11.7. The Balaban J connectivity index is 1.95. The molecule has 0 aliphatic heterocycles. The molecule has 0 spiro atoms. The van der Waals surface area contributed by atoms with Crippen molar-refractivity contribution < 1.29 is 18.7 Å². The van der Waals surface area contributed by atoms with Gasteiger partial charge in [-0.1, -0.05) is 11.3 Å². The van der Waals surface area contributed by atoms with E-state index in [0.29, 0.717) is 38.2 Å². The summed E-state index contributed by atoms with van der Waals surface area (Å²) < 4.78 is 16.7. The van der Waals surface area contributed by atoms with Crippen LogP contribution in [0, 0.1) is 6.92 Å². The fourth-order valence-electron chi connectivity index (χ4n) is 3.12. The molecule has 0 aliphatic rings. The number of ketones is 1. The number of nitrogens with zero attached hydrogens (tertiary/aromatic N) is 2. The maximum atomic E-state index is 11.8. The second-order valence-electron chi connectivity index (χ2n) is 6.67. The lowest BCUT2D eigenvalue weighted by Crippen LogP contribution is -2.03. The molecule has 0 unspecified atom stereocenters. The van der Waals surface area contributed by atoms with Gasteiger partial charge in [-0.05, 0) is 49.4 Å². The molecule has 152 valence electrons. The number of thiazole rings is 1. The van der Waals surface area contributed by atoms with Gasteiger partial charge >= 0.3 is 0 Å². The first-order chi connectivity index (χ1) is 14.5. The van der Waals surface area contributed by atoms with Gasteiger partial charge in [-0.25, -0.2) is 9.98 Å². The van der Waals surface area contributed by atoms with E-state index in [0.717, 1.165) is 16.7 Å². The minimum Gasteiger partial charge on any atom is -0.497 e. The van der Waals surface area contributed by atoms with Gasteiger partial charge in [-0.2, -0.15) is 0 Å². The first-order valence-corrected chi connectivity index (χ1v) is 10.1. The standard InChI is InChI=1S/C23H20N2O4S/c1-13-22(14(2)26)30-23(24-13)25-19-12-21(15-5-7-16(27-3)8-6-15)29-20-10-9-17(28-4)11-18(19)20/h5-12H,1-4H3/b25-19+. The van der Waals surface area contributed by atoms with Gasteiger partial charge in [-0.3, -0.25) is 4.79 Å². The van der Waals surface area contributed by atoms with E-state index >= 15 is 0 Å². The van der Waals surface area contributed by atoms with Gasteiger partial charge in [0.1, 0.15) is 22.8 Å². The summed E-state index contributed by atoms with van der Waals surface area (Å²) >= 11 is 1.28. The van der Waals surface area contributed by atoms with E-state index in [1.165, 1.54) is 18.3 Å². The topological polar surface area (TPSA) is 73.9 Å². The third-order valence-corrected chi connectivity index (χ3v) is 5.80. The lowest BCUT2D eigenvalue weighted by atomic mass is 10.1. The van der Waals surface area contributed by atoms with Crippen molar-refractivity contribution in [2.24, 2.45) is 4.99 Å². The molecule has 4 rings (SSSR count). The van der Waals surface area contributed by atoms with Gasteiger partial charge in [-0.15, -0.1) is 0 Å². The van der Waals surface area contributed by atoms with Crippen molar-refractivity contribution in [3.05, 3.63) is 64.5 Å². The van der Waals surface area contributed by atoms with Crippen LogP contribution >= 0.6 is 11.3 Å². The number of methoxy groups -OCH3 is 2. The summed E-state index contributed by atoms with van der Waals surface area (Å²) in [6.45, 7) is 3.35. The molecule has 0 atom stereocenters. The van der Waals surface area contributed by atoms with Gasteiger partial charge in [0.15, 0.2) is 5.78 Å². The van der Waals surface area contributed by atoms with Crippen molar-refractivity contribution in [1.29, 1.82) is 0 Å². The van der Waals surface area contributed by atoms with Crippen LogP contribution in [0.4, 0.5) is 5.13 Å². The van der Waals surface area contributed by atoms with E-state index < -0.39 is 0 Å². The van der Waals surface area contributed by atoms with Crippen LogP contribution in [0.3, 0.4) is 0 Å². The highest BCUT2D eigenvalue weighted by atomic mass is 32.1. The largest absolute Gasteiger partial charge is 0.497 e. The van der Waals surface area contributed by atoms with Gasteiger partial charge in [0.25, 0.3) is 0 Å². The Hall–Kier alpha value is -3.45. The maximum absolute atomic E-state index is 11.8. The summed E-state index contributed by atoms with van der Waals surface area (Å²) in [6.07, 6.45) is 0. The smallest absolute Gasteiger partial charge is 0.210 e. The lowest BCUT2D eigenvalue weighted by Gasteiger charge is -2.07. The van der Waals surface area contributed by atoms with Crippen molar-refractivity contribution >= 4 is 33.2 Å². The molecule has 0 bridgehead atoms. The Morgan fingerprint density at radius 1 is 1.03 bits per heavy atom. The summed E-state index contributed by atoms with van der Waals surface area (Å²) in [7, 11) is 3.25. The van der Waals surface area contributed by atoms with E-state index in [4.69, 9.17) is 18.9 Å². The van der Waals surface area contributed by atoms with Crippen LogP contribution in [-0.4, -0.2) is 25.0 Å². The average Bonchev–Trinajstić information content (AvgIpc) is 3.13. The highest BCUT2D eigenvalue weighted by molar-refractivity contribution is 7.17. The molecular weight excluding hydrogens is 400 g/mol. The fraction of sp³-hybridized carbons (Fsp3) is 0.174. The Morgan fingerprint density at radius 2 is 1.73 bits per heavy atom. The molecule has 0 radical (unpaired) electrons. The summed E-state index contributed by atoms with van der Waals surface area (Å²) in [4.78, 5) is 21.6. The molecule has 7 heteroatoms. The Kier molecular flexibility index (Phi) is 5.37. The van der Waals surface area contributed by atoms with Gasteiger partial charge in [0, 0.05) is 23.9 Å². The maximum Gasteiger partial charge on any atom is 0.210 e. The van der Waals surface area contributed by atoms with Gasteiger partial charge in [0.2, 0.25) is 5.13 Å². The van der Waals surface area contributed by atoms with Crippen molar-refractivity contribution in [1.82, 2.24) is 4.98 Å². The predicted octanol–water partition coefficient (Wildman–Crippen LogP) is 5.32. The van der Waals surface area contributed by atoms with Crippen LogP contribution in [0.15, 0.2) is 57.9 Å². The van der Waals surface area contributed by atoms with Crippen LogP contribution in [0.2, 0.25) is 0 Å². The van der Waals surface area contributed by atoms with E-state index in [1.54, 1.807) is 14.2 Å². The minimum absolute atomic E-state index is 0.0139. The quantitative estimate of drug-likeness (QED) is 0.409. The van der Waals surface area contributed by atoms with Crippen LogP contribution in [0.5, 0.6) is 11.5 Å². The predicted molar refractivity (Wildman–Crippen MR) is 117 cm³/mol. The zero-order valence-corrected chi connectivity index (χ0v) is 17.9. The van der Waals surface area contributed by atoms with Crippen LogP contribution < -0.4 is 14.8 Å². The molecule has 0 N–H and O–H groups in total. The molecule has 0 saturated heterocycles. The first-order valence-electron chi connectivity index (χ1n) is 9.28. The second kappa shape index (κ2) is 8.12. The molecule has 0 saturated carbocycles. The third-order valence-electron chi connectivity index (χ3n) is 4.65. The Bertz CT molecular complexity index is 1300. The number of hydrogen-bond donors (Lipinski definition) is 0. The summed E-state index contributed by atoms with van der Waals surface area (Å²) in [6, 6.07) is 15.1. The monoisotopic (exact) mass is 420 g/mol. The lowest BCUT2D eigenvalue weighted by molar-refractivity contribution is 0.102. The van der Waals surface area contributed by atoms with E-state index in [-0.39, 0.29) is 5.78 Å². The number of carbonyl (C=O) groups is 1. The SMILES string of the molecule is COc1ccc(-c2c/c(=N\c3nc(C)c(C(C)=O)s3)c3cc(OC)ccc3o2)cc1. The molecule has 30 heavy (non-hydrogen) atoms. The number of aryl methyl sites for hydroxylation is 1. The Morgan fingerprint density at radius 3 is 2.37 bits per heavy atom. The van der Waals surface area contributed by atoms with Gasteiger partial charge < -0.3 is 13.9 Å². The molecule has 6 nitrogen and oxygen atoms in total. The Labute approximate surface area is 177 Å². The fourth-order valence-corrected chi connectivity index (χ4v) is 3.97. The zero-order valence-electron chi connectivity index (χ0n) is 17.1. The van der Waals surface area contributed by atoms with E-state index in [9.17, 15) is 4.79 Å². The van der Waals surface area contributed by atoms with Crippen molar-refractivity contribution in [3.63, 3.8) is 0 Å². The van der Waals surface area contributed by atoms with Gasteiger partial charge in [0.05, 0.1) is 30.1 Å². The number of rotatable bonds is 5. The van der Waals surface area contributed by atoms with Crippen molar-refractivity contribution in [3.8, 4) is 22.8 Å². The zero-order chi connectivity index (χ0) is 21.3. The number of Topliss-reactive ketones (excluding diaryl/α,β-unsaturated/α-hetero) is 1. The minimum atomic E-state index is -0.0139. The van der Waals surface area contributed by atoms with E-state index in [1.807, 2.05) is 55.5 Å². The van der Waals surface area contributed by atoms with Crippen LogP contribution in [0.1, 0.15) is 22.3 Å². The summed E-state index contributed by atoms with van der Waals surface area (Å²) in [5, 5.41) is 2.00. The molecule has 0 fully saturated rings. The number of benzene rings is 2.